The topological polar surface area (TPSA) is 121 Å². The van der Waals surface area contributed by atoms with E-state index in [1.165, 1.54) is 4.57 Å². The lowest BCUT2D eigenvalue weighted by molar-refractivity contribution is 0.0806. The van der Waals surface area contributed by atoms with E-state index in [0.717, 1.165) is 0 Å². The van der Waals surface area contributed by atoms with Gasteiger partial charge >= 0.3 is 5.69 Å². The fourth-order valence-electron chi connectivity index (χ4n) is 1.82. The highest BCUT2D eigenvalue weighted by atomic mass is 16.3. The highest BCUT2D eigenvalue weighted by Crippen LogP contribution is 2.16. The van der Waals surface area contributed by atoms with Crippen molar-refractivity contribution < 1.29 is 10.2 Å². The number of hydrogen-bond acceptors (Lipinski definition) is 6. The molecule has 1 atom stereocenters. The van der Waals surface area contributed by atoms with Gasteiger partial charge in [0.25, 0.3) is 5.56 Å². The lowest BCUT2D eigenvalue weighted by atomic mass is 10.2. The number of nitrogens with zero attached hydrogens (tertiary/aromatic N) is 3. The van der Waals surface area contributed by atoms with Gasteiger partial charge in [-0.1, -0.05) is 0 Å². The zero-order valence-corrected chi connectivity index (χ0v) is 10.5. The van der Waals surface area contributed by atoms with Crippen molar-refractivity contribution in [3.8, 4) is 11.5 Å². The minimum absolute atomic E-state index is 0.0259. The minimum Gasteiger partial charge on any atom is -0.394 e. The Labute approximate surface area is 107 Å². The average Bonchev–Trinajstić information content (AvgIpc) is 2.36. The molecule has 8 heteroatoms. The molecule has 0 radical (unpaired) electrons. The van der Waals surface area contributed by atoms with Gasteiger partial charge in [0.15, 0.2) is 11.5 Å². The fourth-order valence-corrected chi connectivity index (χ4v) is 1.82. The second-order valence-corrected chi connectivity index (χ2v) is 4.27. The highest BCUT2D eigenvalue weighted by molar-refractivity contribution is 5.50. The molecule has 3 N–H and O–H groups in total. The largest absolute Gasteiger partial charge is 0.394 e. The van der Waals surface area contributed by atoms with E-state index in [1.807, 2.05) is 4.98 Å². The zero-order chi connectivity index (χ0) is 14.2. The number of rotatable bonds is 3. The van der Waals surface area contributed by atoms with E-state index in [2.05, 4.69) is 9.97 Å². The molecule has 0 amide bonds. The summed E-state index contributed by atoms with van der Waals surface area (Å²) >= 11 is 0. The minimum atomic E-state index is -1.01. The molecular weight excluding hydrogens is 252 g/mol. The molecule has 0 aliphatic carbocycles. The maximum atomic E-state index is 11.7. The highest BCUT2D eigenvalue weighted by Gasteiger charge is 2.20. The van der Waals surface area contributed by atoms with Crippen molar-refractivity contribution in [2.75, 3.05) is 6.61 Å². The third-order valence-corrected chi connectivity index (χ3v) is 2.92. The Bertz CT molecular complexity index is 690. The van der Waals surface area contributed by atoms with Crippen molar-refractivity contribution in [1.82, 2.24) is 19.5 Å². The van der Waals surface area contributed by atoms with Crippen LogP contribution >= 0.6 is 0 Å². The Morgan fingerprint density at radius 3 is 2.63 bits per heavy atom. The molecule has 1 unspecified atom stereocenters. The lowest BCUT2D eigenvalue weighted by Crippen LogP contribution is -2.32. The van der Waals surface area contributed by atoms with Gasteiger partial charge in [0.1, 0.15) is 0 Å². The van der Waals surface area contributed by atoms with Gasteiger partial charge in [-0.15, -0.1) is 0 Å². The number of aromatic nitrogens is 4. The van der Waals surface area contributed by atoms with Gasteiger partial charge in [-0.3, -0.25) is 9.78 Å². The molecule has 0 spiro atoms. The van der Waals surface area contributed by atoms with Gasteiger partial charge in [0.05, 0.1) is 24.9 Å². The molecular formula is C11H14N4O4. The van der Waals surface area contributed by atoms with Crippen molar-refractivity contribution in [3.63, 3.8) is 0 Å². The van der Waals surface area contributed by atoms with Crippen LogP contribution < -0.4 is 11.2 Å². The van der Waals surface area contributed by atoms with Crippen LogP contribution in [0.15, 0.2) is 9.59 Å². The molecule has 19 heavy (non-hydrogen) atoms. The van der Waals surface area contributed by atoms with Crippen molar-refractivity contribution in [2.24, 2.45) is 0 Å². The predicted octanol–water partition coefficient (Wildman–Crippen LogP) is -1.60. The molecule has 0 fully saturated rings. The molecule has 0 aromatic rings. The van der Waals surface area contributed by atoms with Gasteiger partial charge in [0.2, 0.25) is 0 Å². The van der Waals surface area contributed by atoms with E-state index in [1.54, 1.807) is 13.8 Å². The predicted molar refractivity (Wildman–Crippen MR) is 66.1 cm³/mol. The first kappa shape index (κ1) is 13.4. The fraction of sp³-hybridized carbons (Fsp3) is 0.455. The summed E-state index contributed by atoms with van der Waals surface area (Å²) in [5.74, 6) is 0.101. The van der Waals surface area contributed by atoms with E-state index in [-0.39, 0.29) is 18.1 Å². The van der Waals surface area contributed by atoms with Gasteiger partial charge in [-0.25, -0.2) is 9.78 Å². The number of aliphatic hydroxyl groups excluding tert-OH is 2. The van der Waals surface area contributed by atoms with Crippen LogP contribution in [0.5, 0.6) is 0 Å². The molecule has 102 valence electrons. The van der Waals surface area contributed by atoms with E-state index >= 15 is 0 Å². The second kappa shape index (κ2) is 4.90. The lowest BCUT2D eigenvalue weighted by Gasteiger charge is -2.19. The van der Waals surface area contributed by atoms with Crippen LogP contribution in [0.3, 0.4) is 0 Å². The van der Waals surface area contributed by atoms with Crippen molar-refractivity contribution in [1.29, 1.82) is 0 Å². The molecule has 2 heterocycles. The summed E-state index contributed by atoms with van der Waals surface area (Å²) in [5.41, 5.74) is -0.103. The molecule has 0 aromatic carbocycles. The van der Waals surface area contributed by atoms with Crippen LogP contribution in [-0.4, -0.2) is 42.4 Å². The van der Waals surface area contributed by atoms with E-state index in [9.17, 15) is 14.7 Å². The summed E-state index contributed by atoms with van der Waals surface area (Å²) in [5, 5.41) is 18.5. The average molecular weight is 266 g/mol. The quantitative estimate of drug-likeness (QED) is 0.615. The molecule has 0 saturated heterocycles. The van der Waals surface area contributed by atoms with Crippen LogP contribution in [0.25, 0.3) is 11.5 Å². The normalized spacial score (nSPS) is 12.8. The molecule has 2 aliphatic rings. The number of aromatic amines is 1. The third kappa shape index (κ3) is 2.40. The van der Waals surface area contributed by atoms with Crippen molar-refractivity contribution >= 4 is 0 Å². The summed E-state index contributed by atoms with van der Waals surface area (Å²) < 4.78 is 1.51. The molecule has 2 aliphatic heterocycles. The maximum absolute atomic E-state index is 11.7. The smallest absolute Gasteiger partial charge is 0.349 e. The number of aryl methyl sites for hydroxylation is 1. The van der Waals surface area contributed by atoms with Crippen LogP contribution in [0, 0.1) is 13.8 Å². The summed E-state index contributed by atoms with van der Waals surface area (Å²) in [4.78, 5) is 32.8. The number of H-pyrrole nitrogens is 1. The Balaban J connectivity index is 2.76. The maximum Gasteiger partial charge on any atom is 0.349 e. The first-order valence-electron chi connectivity index (χ1n) is 5.71. The first-order valence-corrected chi connectivity index (χ1v) is 5.71. The Morgan fingerprint density at radius 1 is 1.32 bits per heavy atom. The van der Waals surface area contributed by atoms with Crippen LogP contribution in [0.1, 0.15) is 11.4 Å². The summed E-state index contributed by atoms with van der Waals surface area (Å²) in [6, 6.07) is 0. The van der Waals surface area contributed by atoms with Gasteiger partial charge in [0, 0.05) is 5.69 Å². The van der Waals surface area contributed by atoms with Crippen molar-refractivity contribution in [2.45, 2.75) is 26.5 Å². The zero-order valence-electron chi connectivity index (χ0n) is 10.5. The second-order valence-electron chi connectivity index (χ2n) is 4.27. The Morgan fingerprint density at radius 2 is 2.00 bits per heavy atom. The third-order valence-electron chi connectivity index (χ3n) is 2.92. The molecule has 8 nitrogen and oxygen atoms in total. The Hall–Kier alpha value is -2.06. The van der Waals surface area contributed by atoms with Crippen molar-refractivity contribution in [3.05, 3.63) is 32.2 Å². The van der Waals surface area contributed by atoms with Crippen LogP contribution in [-0.2, 0) is 6.54 Å². The first-order chi connectivity index (χ1) is 8.93. The Kier molecular flexibility index (Phi) is 3.45. The molecule has 0 saturated carbocycles. The summed E-state index contributed by atoms with van der Waals surface area (Å²) in [6.07, 6.45) is -1.01. The summed E-state index contributed by atoms with van der Waals surface area (Å²) in [7, 11) is 0. The number of aliphatic hydroxyl groups is 2. The monoisotopic (exact) mass is 266 g/mol. The number of fused-ring (bicyclic) bond motifs is 1. The standard InChI is InChI=1S/C11H14N4O4/c1-5-6(2)15(3-7(17)4-16)9-8(12-5)10(18)14-11(19)13-9/h7,16-17H,3-4H2,1-2H3,(H,14,18,19). The van der Waals surface area contributed by atoms with E-state index < -0.39 is 24.0 Å². The molecule has 0 bridgehead atoms. The number of hydrogen-bond donors (Lipinski definition) is 3. The number of nitrogens with one attached hydrogen (secondary N) is 1. The van der Waals surface area contributed by atoms with Crippen LogP contribution in [0.4, 0.5) is 0 Å². The molecule has 2 rings (SSSR count). The summed E-state index contributed by atoms with van der Waals surface area (Å²) in [6.45, 7) is 3.04. The van der Waals surface area contributed by atoms with Gasteiger partial charge in [-0.2, -0.15) is 4.98 Å². The van der Waals surface area contributed by atoms with Crippen LogP contribution in [0.2, 0.25) is 0 Å². The van der Waals surface area contributed by atoms with Gasteiger partial charge in [-0.05, 0) is 13.8 Å². The van der Waals surface area contributed by atoms with Gasteiger partial charge < -0.3 is 14.8 Å². The van der Waals surface area contributed by atoms with E-state index in [0.29, 0.717) is 11.4 Å². The SMILES string of the molecule is Cc1nc2c(=O)[nH]c(=O)nc-2n(CC(O)CO)c1C. The molecule has 0 aromatic heterocycles. The van der Waals surface area contributed by atoms with E-state index in [4.69, 9.17) is 5.11 Å².